The highest BCUT2D eigenvalue weighted by atomic mass is 16.5. The lowest BCUT2D eigenvalue weighted by atomic mass is 10.1. The topological polar surface area (TPSA) is 63.7 Å². The van der Waals surface area contributed by atoms with Crippen molar-refractivity contribution in [3.05, 3.63) is 0 Å². The number of ether oxygens (including phenoxy) is 1. The van der Waals surface area contributed by atoms with E-state index in [9.17, 15) is 14.4 Å². The van der Waals surface area contributed by atoms with E-state index in [0.717, 1.165) is 6.54 Å². The van der Waals surface area contributed by atoms with Crippen molar-refractivity contribution in [2.75, 3.05) is 19.7 Å². The quantitative estimate of drug-likeness (QED) is 0.513. The van der Waals surface area contributed by atoms with Gasteiger partial charge in [-0.05, 0) is 32.1 Å². The Morgan fingerprint density at radius 3 is 2.74 bits per heavy atom. The number of amides is 1. The number of esters is 1. The Morgan fingerprint density at radius 2 is 2.11 bits per heavy atom. The number of carbonyl (C=O) groups is 3. The van der Waals surface area contributed by atoms with Gasteiger partial charge in [-0.25, -0.2) is 0 Å². The van der Waals surface area contributed by atoms with E-state index < -0.39 is 0 Å². The van der Waals surface area contributed by atoms with Crippen LogP contribution in [0.3, 0.4) is 0 Å². The van der Waals surface area contributed by atoms with Gasteiger partial charge in [-0.1, -0.05) is 0 Å². The first kappa shape index (κ1) is 14.0. The van der Waals surface area contributed by atoms with Crippen LogP contribution >= 0.6 is 0 Å². The van der Waals surface area contributed by atoms with Crippen molar-refractivity contribution < 1.29 is 19.1 Å². The lowest BCUT2D eigenvalue weighted by Gasteiger charge is -2.15. The summed E-state index contributed by atoms with van der Waals surface area (Å²) in [7, 11) is 0. The highest BCUT2D eigenvalue weighted by Crippen LogP contribution is 2.32. The molecule has 1 aliphatic carbocycles. The van der Waals surface area contributed by atoms with Gasteiger partial charge in [0, 0.05) is 25.9 Å². The van der Waals surface area contributed by atoms with Crippen LogP contribution in [0.4, 0.5) is 0 Å². The molecule has 19 heavy (non-hydrogen) atoms. The molecule has 2 aliphatic rings. The van der Waals surface area contributed by atoms with Crippen LogP contribution < -0.4 is 0 Å². The summed E-state index contributed by atoms with van der Waals surface area (Å²) in [5.41, 5.74) is 0. The number of hydrogen-bond acceptors (Lipinski definition) is 4. The zero-order valence-electron chi connectivity index (χ0n) is 11.4. The molecule has 1 saturated carbocycles. The molecule has 0 aromatic carbocycles. The Labute approximate surface area is 113 Å². The van der Waals surface area contributed by atoms with Crippen LogP contribution in [-0.2, 0) is 19.1 Å². The van der Waals surface area contributed by atoms with E-state index in [1.54, 1.807) is 4.90 Å². The van der Waals surface area contributed by atoms with E-state index in [1.165, 1.54) is 19.8 Å². The van der Waals surface area contributed by atoms with Gasteiger partial charge in [0.25, 0.3) is 0 Å². The van der Waals surface area contributed by atoms with Crippen LogP contribution in [0.25, 0.3) is 0 Å². The lowest BCUT2D eigenvalue weighted by molar-refractivity contribution is -0.148. The van der Waals surface area contributed by atoms with Gasteiger partial charge in [0.15, 0.2) is 0 Å². The number of Topliss-reactive ketones (excluding diaryl/α,β-unsaturated/α-hetero) is 1. The van der Waals surface area contributed by atoms with E-state index in [0.29, 0.717) is 25.3 Å². The van der Waals surface area contributed by atoms with Gasteiger partial charge >= 0.3 is 5.97 Å². The Hall–Kier alpha value is -1.39. The maximum Gasteiger partial charge on any atom is 0.311 e. The smallest absolute Gasteiger partial charge is 0.311 e. The number of carbonyl (C=O) groups excluding carboxylic acids is 3. The third kappa shape index (κ3) is 4.33. The number of likely N-dealkylation sites (tertiary alicyclic amines) is 1. The highest BCUT2D eigenvalue weighted by Gasteiger charge is 2.37. The molecule has 5 heteroatoms. The van der Waals surface area contributed by atoms with Gasteiger partial charge < -0.3 is 14.4 Å². The fourth-order valence-corrected chi connectivity index (χ4v) is 2.33. The molecule has 0 radical (unpaired) electrons. The maximum atomic E-state index is 11.8. The Balaban J connectivity index is 1.68. The molecule has 0 aromatic heterocycles. The third-order valence-corrected chi connectivity index (χ3v) is 3.64. The summed E-state index contributed by atoms with van der Waals surface area (Å²) in [4.78, 5) is 36.1. The van der Waals surface area contributed by atoms with Crippen LogP contribution in [0.15, 0.2) is 0 Å². The molecular weight excluding hydrogens is 246 g/mol. The lowest BCUT2D eigenvalue weighted by Crippen LogP contribution is -2.28. The molecule has 2 fully saturated rings. The summed E-state index contributed by atoms with van der Waals surface area (Å²) in [5, 5.41) is 0. The first-order chi connectivity index (χ1) is 9.06. The fourth-order valence-electron chi connectivity index (χ4n) is 2.33. The molecule has 1 saturated heterocycles. The summed E-state index contributed by atoms with van der Waals surface area (Å²) in [5.74, 6) is 0.202. The zero-order chi connectivity index (χ0) is 13.8. The van der Waals surface area contributed by atoms with Crippen molar-refractivity contribution in [1.82, 2.24) is 4.90 Å². The minimum atomic E-state index is -0.316. The predicted octanol–water partition coefficient (Wildman–Crippen LogP) is 1.16. The summed E-state index contributed by atoms with van der Waals surface area (Å²) < 4.78 is 5.12. The minimum absolute atomic E-state index is 0.0672. The van der Waals surface area contributed by atoms with Crippen LogP contribution in [0.1, 0.15) is 39.0 Å². The summed E-state index contributed by atoms with van der Waals surface area (Å²) in [6.45, 7) is 3.09. The largest absolute Gasteiger partial charge is 0.465 e. The van der Waals surface area contributed by atoms with E-state index in [1.807, 2.05) is 0 Å². The standard InChI is InChI=1S/C14H21NO4/c1-10(16)3-2-6-19-14(18)12-7-13(17)15(9-12)8-11-4-5-11/h11-12H,2-9H2,1H3. The number of rotatable bonds is 7. The predicted molar refractivity (Wildman–Crippen MR) is 68.3 cm³/mol. The monoisotopic (exact) mass is 267 g/mol. The normalized spacial score (nSPS) is 22.7. The van der Waals surface area contributed by atoms with Crippen molar-refractivity contribution in [2.24, 2.45) is 11.8 Å². The Kier molecular flexibility index (Phi) is 4.56. The van der Waals surface area contributed by atoms with E-state index in [2.05, 4.69) is 0 Å². The zero-order valence-corrected chi connectivity index (χ0v) is 11.4. The molecule has 0 N–H and O–H groups in total. The SMILES string of the molecule is CC(=O)CCCOC(=O)C1CC(=O)N(CC2CC2)C1. The molecule has 0 aromatic rings. The molecule has 1 aliphatic heterocycles. The second-order valence-electron chi connectivity index (χ2n) is 5.62. The summed E-state index contributed by atoms with van der Waals surface area (Å²) in [6.07, 6.45) is 3.67. The van der Waals surface area contributed by atoms with Crippen molar-refractivity contribution in [3.63, 3.8) is 0 Å². The Bertz CT molecular complexity index is 376. The molecule has 1 heterocycles. The molecule has 1 amide bonds. The molecule has 0 bridgehead atoms. The molecule has 1 unspecified atom stereocenters. The maximum absolute atomic E-state index is 11.8. The highest BCUT2D eigenvalue weighted by molar-refractivity contribution is 5.86. The third-order valence-electron chi connectivity index (χ3n) is 3.64. The second kappa shape index (κ2) is 6.17. The molecule has 1 atom stereocenters. The van der Waals surface area contributed by atoms with E-state index in [4.69, 9.17) is 4.74 Å². The van der Waals surface area contributed by atoms with Crippen molar-refractivity contribution >= 4 is 17.7 Å². The van der Waals surface area contributed by atoms with Gasteiger partial charge in [-0.2, -0.15) is 0 Å². The first-order valence-electron chi connectivity index (χ1n) is 7.00. The van der Waals surface area contributed by atoms with Gasteiger partial charge in [0.2, 0.25) is 5.91 Å². The Morgan fingerprint density at radius 1 is 1.37 bits per heavy atom. The van der Waals surface area contributed by atoms with Crippen molar-refractivity contribution in [2.45, 2.75) is 39.0 Å². The van der Waals surface area contributed by atoms with Crippen molar-refractivity contribution in [3.8, 4) is 0 Å². The summed E-state index contributed by atoms with van der Waals surface area (Å²) in [6, 6.07) is 0. The van der Waals surface area contributed by atoms with Gasteiger partial charge in [-0.15, -0.1) is 0 Å². The fraction of sp³-hybridized carbons (Fsp3) is 0.786. The van der Waals surface area contributed by atoms with Gasteiger partial charge in [-0.3, -0.25) is 9.59 Å². The number of ketones is 1. The molecule has 0 spiro atoms. The molecule has 106 valence electrons. The van der Waals surface area contributed by atoms with Crippen LogP contribution in [0, 0.1) is 11.8 Å². The average molecular weight is 267 g/mol. The number of hydrogen-bond donors (Lipinski definition) is 0. The van der Waals surface area contributed by atoms with E-state index in [-0.39, 0.29) is 36.6 Å². The molecule has 5 nitrogen and oxygen atoms in total. The average Bonchev–Trinajstić information content (AvgIpc) is 3.08. The van der Waals surface area contributed by atoms with Crippen molar-refractivity contribution in [1.29, 1.82) is 0 Å². The van der Waals surface area contributed by atoms with Crippen LogP contribution in [0.2, 0.25) is 0 Å². The van der Waals surface area contributed by atoms with Gasteiger partial charge in [0.05, 0.1) is 12.5 Å². The minimum Gasteiger partial charge on any atom is -0.465 e. The van der Waals surface area contributed by atoms with Crippen LogP contribution in [0.5, 0.6) is 0 Å². The molecular formula is C14H21NO4. The second-order valence-corrected chi connectivity index (χ2v) is 5.62. The number of nitrogens with zero attached hydrogens (tertiary/aromatic N) is 1. The van der Waals surface area contributed by atoms with E-state index >= 15 is 0 Å². The van der Waals surface area contributed by atoms with Gasteiger partial charge in [0.1, 0.15) is 5.78 Å². The summed E-state index contributed by atoms with van der Waals surface area (Å²) >= 11 is 0. The molecule has 2 rings (SSSR count). The van der Waals surface area contributed by atoms with Crippen LogP contribution in [-0.4, -0.2) is 42.3 Å². The first-order valence-corrected chi connectivity index (χ1v) is 7.00.